The monoisotopic (exact) mass is 246 g/mol. The van der Waals surface area contributed by atoms with E-state index in [1.807, 2.05) is 0 Å². The van der Waals surface area contributed by atoms with Gasteiger partial charge in [-0.1, -0.05) is 50.5 Å². The second kappa shape index (κ2) is 6.91. The number of benzene rings is 1. The van der Waals surface area contributed by atoms with Crippen molar-refractivity contribution in [2.45, 2.75) is 51.0 Å². The average Bonchev–Trinajstić information content (AvgIpc) is 2.46. The molecule has 100 valence electrons. The van der Waals surface area contributed by atoms with E-state index in [0.717, 1.165) is 19.0 Å². The molecule has 0 amide bonds. The molecule has 1 atom stereocenters. The van der Waals surface area contributed by atoms with Gasteiger partial charge >= 0.3 is 0 Å². The molecule has 0 saturated heterocycles. The maximum atomic E-state index is 6.15. The summed E-state index contributed by atoms with van der Waals surface area (Å²) in [5.41, 5.74) is 8.90. The molecule has 1 fully saturated rings. The van der Waals surface area contributed by atoms with E-state index >= 15 is 0 Å². The maximum Gasteiger partial charge on any atom is 0.0421 e. The fraction of sp³-hybridized carbons (Fsp3) is 0.625. The van der Waals surface area contributed by atoms with E-state index in [9.17, 15) is 0 Å². The van der Waals surface area contributed by atoms with Crippen molar-refractivity contribution >= 4 is 0 Å². The first kappa shape index (κ1) is 13.6. The van der Waals surface area contributed by atoms with Crippen molar-refractivity contribution in [3.05, 3.63) is 35.4 Å². The van der Waals surface area contributed by atoms with Gasteiger partial charge in [-0.2, -0.15) is 0 Å². The van der Waals surface area contributed by atoms with Gasteiger partial charge in [-0.05, 0) is 36.4 Å². The molecule has 1 aliphatic rings. The van der Waals surface area contributed by atoms with Gasteiger partial charge in [0.2, 0.25) is 0 Å². The second-order valence-electron chi connectivity index (χ2n) is 5.42. The van der Waals surface area contributed by atoms with Crippen LogP contribution in [0.1, 0.15) is 62.1 Å². The molecule has 0 aliphatic heterocycles. The Morgan fingerprint density at radius 2 is 1.83 bits per heavy atom. The molecule has 0 radical (unpaired) electrons. The lowest BCUT2D eigenvalue weighted by molar-refractivity contribution is 0.443. The first-order valence-electron chi connectivity index (χ1n) is 7.37. The predicted octanol–water partition coefficient (Wildman–Crippen LogP) is 3.34. The Morgan fingerprint density at radius 1 is 1.17 bits per heavy atom. The Hall–Kier alpha value is -0.860. The van der Waals surface area contributed by atoms with Crippen LogP contribution >= 0.6 is 0 Å². The standard InChI is InChI=1S/C16H26N2/c1-2-18-12-16(17)15-10-8-14(9-11-15)13-6-4-3-5-7-13/h8-11,13,16,18H,2-7,12,17H2,1H3. The van der Waals surface area contributed by atoms with Crippen molar-refractivity contribution in [1.29, 1.82) is 0 Å². The molecule has 0 heterocycles. The smallest absolute Gasteiger partial charge is 0.0421 e. The largest absolute Gasteiger partial charge is 0.323 e. The zero-order valence-electron chi connectivity index (χ0n) is 11.5. The molecule has 1 aliphatic carbocycles. The number of rotatable bonds is 5. The molecule has 2 heteroatoms. The summed E-state index contributed by atoms with van der Waals surface area (Å²) in [5.74, 6) is 0.790. The highest BCUT2D eigenvalue weighted by Crippen LogP contribution is 2.32. The number of hydrogen-bond acceptors (Lipinski definition) is 2. The summed E-state index contributed by atoms with van der Waals surface area (Å²) in [5, 5.41) is 3.30. The molecule has 2 rings (SSSR count). The summed E-state index contributed by atoms with van der Waals surface area (Å²) in [4.78, 5) is 0. The van der Waals surface area contributed by atoms with Gasteiger partial charge < -0.3 is 11.1 Å². The SMILES string of the molecule is CCNCC(N)c1ccc(C2CCCCC2)cc1. The lowest BCUT2D eigenvalue weighted by Gasteiger charge is -2.22. The fourth-order valence-electron chi connectivity index (χ4n) is 2.87. The van der Waals surface area contributed by atoms with E-state index in [4.69, 9.17) is 5.73 Å². The molecule has 2 nitrogen and oxygen atoms in total. The van der Waals surface area contributed by atoms with Crippen LogP contribution < -0.4 is 11.1 Å². The lowest BCUT2D eigenvalue weighted by atomic mass is 9.84. The summed E-state index contributed by atoms with van der Waals surface area (Å²) in [6.45, 7) is 3.95. The van der Waals surface area contributed by atoms with Crippen LogP contribution in [0, 0.1) is 0 Å². The van der Waals surface area contributed by atoms with Gasteiger partial charge in [0, 0.05) is 12.6 Å². The Kier molecular flexibility index (Phi) is 5.21. The van der Waals surface area contributed by atoms with Crippen molar-refractivity contribution in [3.63, 3.8) is 0 Å². The predicted molar refractivity (Wildman–Crippen MR) is 77.7 cm³/mol. The van der Waals surface area contributed by atoms with E-state index in [2.05, 4.69) is 36.5 Å². The van der Waals surface area contributed by atoms with Gasteiger partial charge in [-0.3, -0.25) is 0 Å². The molecule has 1 aromatic carbocycles. The lowest BCUT2D eigenvalue weighted by Crippen LogP contribution is -2.26. The van der Waals surface area contributed by atoms with Gasteiger partial charge in [0.1, 0.15) is 0 Å². The normalized spacial score (nSPS) is 18.8. The number of hydrogen-bond donors (Lipinski definition) is 2. The van der Waals surface area contributed by atoms with Crippen LogP contribution in [0.2, 0.25) is 0 Å². The molecule has 3 N–H and O–H groups in total. The van der Waals surface area contributed by atoms with Crippen molar-refractivity contribution in [3.8, 4) is 0 Å². The Labute approximate surface area is 111 Å². The van der Waals surface area contributed by atoms with Gasteiger partial charge in [0.15, 0.2) is 0 Å². The third-order valence-corrected chi connectivity index (χ3v) is 4.06. The third kappa shape index (κ3) is 3.56. The van der Waals surface area contributed by atoms with E-state index < -0.39 is 0 Å². The van der Waals surface area contributed by atoms with Crippen LogP contribution in [0.5, 0.6) is 0 Å². The molecule has 1 aromatic rings. The number of likely N-dealkylation sites (N-methyl/N-ethyl adjacent to an activating group) is 1. The van der Waals surface area contributed by atoms with Crippen LogP contribution in [-0.2, 0) is 0 Å². The zero-order valence-corrected chi connectivity index (χ0v) is 11.5. The molecule has 1 saturated carbocycles. The van der Waals surface area contributed by atoms with Crippen LogP contribution in [0.25, 0.3) is 0 Å². The fourth-order valence-corrected chi connectivity index (χ4v) is 2.87. The van der Waals surface area contributed by atoms with Crippen LogP contribution in [0.15, 0.2) is 24.3 Å². The van der Waals surface area contributed by atoms with Gasteiger partial charge in [0.25, 0.3) is 0 Å². The minimum absolute atomic E-state index is 0.116. The summed E-state index contributed by atoms with van der Waals surface area (Å²) < 4.78 is 0. The minimum Gasteiger partial charge on any atom is -0.323 e. The number of nitrogens with two attached hydrogens (primary N) is 1. The second-order valence-corrected chi connectivity index (χ2v) is 5.42. The maximum absolute atomic E-state index is 6.15. The molecule has 0 bridgehead atoms. The van der Waals surface area contributed by atoms with Crippen molar-refractivity contribution in [2.24, 2.45) is 5.73 Å². The van der Waals surface area contributed by atoms with Gasteiger partial charge in [-0.15, -0.1) is 0 Å². The molecule has 1 unspecified atom stereocenters. The Balaban J connectivity index is 1.95. The summed E-state index contributed by atoms with van der Waals surface area (Å²) in [6, 6.07) is 9.12. The van der Waals surface area contributed by atoms with Gasteiger partial charge in [-0.25, -0.2) is 0 Å². The average molecular weight is 246 g/mol. The highest BCUT2D eigenvalue weighted by molar-refractivity contribution is 5.27. The van der Waals surface area contributed by atoms with E-state index in [0.29, 0.717) is 0 Å². The first-order valence-corrected chi connectivity index (χ1v) is 7.37. The molecular weight excluding hydrogens is 220 g/mol. The molecule has 0 aromatic heterocycles. The Bertz CT molecular complexity index is 339. The van der Waals surface area contributed by atoms with E-state index in [-0.39, 0.29) is 6.04 Å². The van der Waals surface area contributed by atoms with Crippen LogP contribution in [0.3, 0.4) is 0 Å². The van der Waals surface area contributed by atoms with E-state index in [1.54, 1.807) is 0 Å². The van der Waals surface area contributed by atoms with Gasteiger partial charge in [0.05, 0.1) is 0 Å². The highest BCUT2D eigenvalue weighted by atomic mass is 14.9. The van der Waals surface area contributed by atoms with Crippen molar-refractivity contribution in [2.75, 3.05) is 13.1 Å². The third-order valence-electron chi connectivity index (χ3n) is 4.06. The quantitative estimate of drug-likeness (QED) is 0.836. The van der Waals surface area contributed by atoms with Crippen LogP contribution in [0.4, 0.5) is 0 Å². The first-order chi connectivity index (χ1) is 8.81. The highest BCUT2D eigenvalue weighted by Gasteiger charge is 2.15. The minimum atomic E-state index is 0.116. The van der Waals surface area contributed by atoms with Crippen molar-refractivity contribution < 1.29 is 0 Å². The van der Waals surface area contributed by atoms with E-state index in [1.165, 1.54) is 43.2 Å². The number of nitrogens with one attached hydrogen (secondary N) is 1. The van der Waals surface area contributed by atoms with Crippen molar-refractivity contribution in [1.82, 2.24) is 5.32 Å². The molecule has 18 heavy (non-hydrogen) atoms. The topological polar surface area (TPSA) is 38.0 Å². The summed E-state index contributed by atoms with van der Waals surface area (Å²) >= 11 is 0. The molecular formula is C16H26N2. The summed E-state index contributed by atoms with van der Waals surface area (Å²) in [7, 11) is 0. The Morgan fingerprint density at radius 3 is 2.44 bits per heavy atom. The summed E-state index contributed by atoms with van der Waals surface area (Å²) in [6.07, 6.45) is 6.94. The zero-order chi connectivity index (χ0) is 12.8. The van der Waals surface area contributed by atoms with Crippen LogP contribution in [-0.4, -0.2) is 13.1 Å². The molecule has 0 spiro atoms.